The van der Waals surface area contributed by atoms with Crippen LogP contribution < -0.4 is 4.74 Å². The smallest absolute Gasteiger partial charge is 0.295 e. The quantitative estimate of drug-likeness (QED) is 0.348. The molecule has 2 aromatic rings. The van der Waals surface area contributed by atoms with Gasteiger partial charge >= 0.3 is 0 Å². The average Bonchev–Trinajstić information content (AvgIpc) is 3.12. The first-order valence-electron chi connectivity index (χ1n) is 11.6. The molecule has 1 N–H and O–H groups in total. The number of hydrogen-bond acceptors (Lipinski definition) is 6. The van der Waals surface area contributed by atoms with Crippen molar-refractivity contribution in [1.29, 1.82) is 0 Å². The summed E-state index contributed by atoms with van der Waals surface area (Å²) in [5.74, 6) is -0.792. The molecule has 2 aliphatic rings. The van der Waals surface area contributed by atoms with Crippen molar-refractivity contribution in [3.8, 4) is 5.75 Å². The third-order valence-electron chi connectivity index (χ3n) is 6.09. The molecule has 1 atom stereocenters. The Bertz CT molecular complexity index is 1050. The minimum absolute atomic E-state index is 0.0801. The average molecular weight is 485 g/mol. The number of benzene rings is 2. The molecular formula is C26H29ClN2O5. The summed E-state index contributed by atoms with van der Waals surface area (Å²) in [5.41, 5.74) is 1.25. The van der Waals surface area contributed by atoms with E-state index in [4.69, 9.17) is 21.1 Å². The molecule has 2 heterocycles. The number of hydrogen-bond donors (Lipinski definition) is 1. The summed E-state index contributed by atoms with van der Waals surface area (Å²) in [7, 11) is 0. The number of ether oxygens (including phenoxy) is 2. The van der Waals surface area contributed by atoms with Crippen LogP contribution in [0, 0.1) is 0 Å². The highest BCUT2D eigenvalue weighted by Gasteiger charge is 2.46. The van der Waals surface area contributed by atoms with Gasteiger partial charge in [-0.2, -0.15) is 0 Å². The number of carbonyl (C=O) groups is 2. The Hall–Kier alpha value is -2.87. The number of rotatable bonds is 8. The SMILES string of the molecule is CCCOc1ccc([C@@H]2C(=C(O)c3ccc(Cl)cc3)C(=O)C(=O)N2CCN2CCOCC2)cc1. The lowest BCUT2D eigenvalue weighted by Gasteiger charge is -2.31. The van der Waals surface area contributed by atoms with Crippen molar-refractivity contribution in [3.63, 3.8) is 0 Å². The summed E-state index contributed by atoms with van der Waals surface area (Å²) in [6.07, 6.45) is 0.893. The van der Waals surface area contributed by atoms with Gasteiger partial charge in [0.2, 0.25) is 0 Å². The molecule has 2 fully saturated rings. The molecular weight excluding hydrogens is 456 g/mol. The number of ketones is 1. The predicted molar refractivity (Wildman–Crippen MR) is 130 cm³/mol. The Morgan fingerprint density at radius 3 is 2.38 bits per heavy atom. The van der Waals surface area contributed by atoms with E-state index in [1.54, 1.807) is 29.2 Å². The number of likely N-dealkylation sites (tertiary alicyclic amines) is 1. The van der Waals surface area contributed by atoms with Crippen LogP contribution in [0.2, 0.25) is 5.02 Å². The van der Waals surface area contributed by atoms with Crippen molar-refractivity contribution >= 4 is 29.1 Å². The van der Waals surface area contributed by atoms with Crippen molar-refractivity contribution in [2.45, 2.75) is 19.4 Å². The maximum absolute atomic E-state index is 13.1. The van der Waals surface area contributed by atoms with E-state index < -0.39 is 17.7 Å². The van der Waals surface area contributed by atoms with Gasteiger partial charge in [0.1, 0.15) is 11.5 Å². The van der Waals surface area contributed by atoms with Crippen LogP contribution in [0.15, 0.2) is 54.1 Å². The minimum atomic E-state index is -0.697. The van der Waals surface area contributed by atoms with Crippen molar-refractivity contribution in [2.75, 3.05) is 46.0 Å². The highest BCUT2D eigenvalue weighted by Crippen LogP contribution is 2.39. The highest BCUT2D eigenvalue weighted by atomic mass is 35.5. The van der Waals surface area contributed by atoms with E-state index in [-0.39, 0.29) is 11.3 Å². The lowest BCUT2D eigenvalue weighted by Crippen LogP contribution is -2.42. The van der Waals surface area contributed by atoms with Gasteiger partial charge in [0.15, 0.2) is 0 Å². The Labute approximate surface area is 204 Å². The molecule has 1 amide bonds. The summed E-state index contributed by atoms with van der Waals surface area (Å²) >= 11 is 5.99. The second-order valence-corrected chi connectivity index (χ2v) is 8.81. The second-order valence-electron chi connectivity index (χ2n) is 8.37. The van der Waals surface area contributed by atoms with Crippen molar-refractivity contribution < 1.29 is 24.2 Å². The topological polar surface area (TPSA) is 79.3 Å². The van der Waals surface area contributed by atoms with Gasteiger partial charge in [-0.3, -0.25) is 14.5 Å². The van der Waals surface area contributed by atoms with Gasteiger partial charge < -0.3 is 19.5 Å². The van der Waals surface area contributed by atoms with Gasteiger partial charge in [0.05, 0.1) is 31.4 Å². The second kappa shape index (κ2) is 11.0. The van der Waals surface area contributed by atoms with Gasteiger partial charge in [-0.05, 0) is 48.4 Å². The molecule has 0 saturated carbocycles. The monoisotopic (exact) mass is 484 g/mol. The molecule has 8 heteroatoms. The first-order chi connectivity index (χ1) is 16.5. The molecule has 0 spiro atoms. The van der Waals surface area contributed by atoms with Crippen LogP contribution in [0.5, 0.6) is 5.75 Å². The van der Waals surface area contributed by atoms with Crippen LogP contribution >= 0.6 is 11.6 Å². The summed E-state index contributed by atoms with van der Waals surface area (Å²) < 4.78 is 11.1. The van der Waals surface area contributed by atoms with Crippen LogP contribution in [-0.4, -0.2) is 72.6 Å². The van der Waals surface area contributed by atoms with Crippen LogP contribution in [0.1, 0.15) is 30.5 Å². The summed E-state index contributed by atoms with van der Waals surface area (Å²) in [6, 6.07) is 13.2. The Balaban J connectivity index is 1.69. The van der Waals surface area contributed by atoms with Crippen LogP contribution in [-0.2, 0) is 14.3 Å². The van der Waals surface area contributed by atoms with E-state index in [1.807, 2.05) is 31.2 Å². The first kappa shape index (κ1) is 24.3. The van der Waals surface area contributed by atoms with Crippen molar-refractivity contribution in [3.05, 3.63) is 70.3 Å². The molecule has 4 rings (SSSR count). The number of aliphatic hydroxyl groups is 1. The highest BCUT2D eigenvalue weighted by molar-refractivity contribution is 6.46. The fourth-order valence-corrected chi connectivity index (χ4v) is 4.39. The molecule has 0 aromatic heterocycles. The zero-order chi connectivity index (χ0) is 24.1. The molecule has 34 heavy (non-hydrogen) atoms. The maximum Gasteiger partial charge on any atom is 0.295 e. The first-order valence-corrected chi connectivity index (χ1v) is 11.9. The van der Waals surface area contributed by atoms with E-state index >= 15 is 0 Å². The fraction of sp³-hybridized carbons (Fsp3) is 0.385. The van der Waals surface area contributed by atoms with Crippen molar-refractivity contribution in [1.82, 2.24) is 9.80 Å². The molecule has 2 saturated heterocycles. The summed E-state index contributed by atoms with van der Waals surface area (Å²) in [5, 5.41) is 11.6. The Kier molecular flexibility index (Phi) is 7.88. The van der Waals surface area contributed by atoms with E-state index in [0.29, 0.717) is 49.2 Å². The largest absolute Gasteiger partial charge is 0.507 e. The van der Waals surface area contributed by atoms with E-state index in [2.05, 4.69) is 4.90 Å². The molecule has 2 aromatic carbocycles. The molecule has 0 radical (unpaired) electrons. The molecule has 0 aliphatic carbocycles. The lowest BCUT2D eigenvalue weighted by molar-refractivity contribution is -0.140. The predicted octanol–water partition coefficient (Wildman–Crippen LogP) is 3.88. The lowest BCUT2D eigenvalue weighted by atomic mass is 9.95. The minimum Gasteiger partial charge on any atom is -0.507 e. The molecule has 0 bridgehead atoms. The normalized spacial score (nSPS) is 20.6. The maximum atomic E-state index is 13.1. The van der Waals surface area contributed by atoms with Gasteiger partial charge in [-0.1, -0.05) is 30.7 Å². The third kappa shape index (κ3) is 5.27. The standard InChI is InChI=1S/C26H29ClN2O5/c1-2-15-34-21-9-5-18(6-10-21)23-22(24(30)19-3-7-20(27)8-4-19)25(31)26(32)29(23)12-11-28-13-16-33-17-14-28/h3-10,23,30H,2,11-17H2,1H3/t23-/m1/s1. The molecule has 0 unspecified atom stereocenters. The number of carbonyl (C=O) groups excluding carboxylic acids is 2. The van der Waals surface area contributed by atoms with E-state index in [0.717, 1.165) is 25.1 Å². The van der Waals surface area contributed by atoms with Gasteiger partial charge in [-0.25, -0.2) is 0 Å². The van der Waals surface area contributed by atoms with Gasteiger partial charge in [-0.15, -0.1) is 0 Å². The number of aliphatic hydroxyl groups excluding tert-OH is 1. The van der Waals surface area contributed by atoms with E-state index in [1.165, 1.54) is 0 Å². The Morgan fingerprint density at radius 1 is 1.06 bits per heavy atom. The van der Waals surface area contributed by atoms with Gasteiger partial charge in [0.25, 0.3) is 11.7 Å². The fourth-order valence-electron chi connectivity index (χ4n) is 4.26. The van der Waals surface area contributed by atoms with Crippen LogP contribution in [0.25, 0.3) is 5.76 Å². The van der Waals surface area contributed by atoms with Crippen LogP contribution in [0.4, 0.5) is 0 Å². The zero-order valence-electron chi connectivity index (χ0n) is 19.2. The third-order valence-corrected chi connectivity index (χ3v) is 6.34. The number of nitrogens with zero attached hydrogens (tertiary/aromatic N) is 2. The zero-order valence-corrected chi connectivity index (χ0v) is 20.0. The summed E-state index contributed by atoms with van der Waals surface area (Å²) in [4.78, 5) is 30.0. The molecule has 7 nitrogen and oxygen atoms in total. The van der Waals surface area contributed by atoms with Gasteiger partial charge in [0, 0.05) is 36.8 Å². The van der Waals surface area contributed by atoms with E-state index in [9.17, 15) is 14.7 Å². The number of Topliss-reactive ketones (excluding diaryl/α,β-unsaturated/α-hetero) is 1. The number of morpholine rings is 1. The van der Waals surface area contributed by atoms with Crippen LogP contribution in [0.3, 0.4) is 0 Å². The van der Waals surface area contributed by atoms with Crippen molar-refractivity contribution in [2.24, 2.45) is 0 Å². The summed E-state index contributed by atoms with van der Waals surface area (Å²) in [6.45, 7) is 6.48. The number of halogens is 1. The molecule has 2 aliphatic heterocycles. The number of amides is 1. The Morgan fingerprint density at radius 2 is 1.74 bits per heavy atom. The molecule has 180 valence electrons.